The van der Waals surface area contributed by atoms with E-state index in [2.05, 4.69) is 67.7 Å². The molecule has 1 aromatic heterocycles. The highest BCUT2D eigenvalue weighted by Crippen LogP contribution is 2.42. The summed E-state index contributed by atoms with van der Waals surface area (Å²) in [4.78, 5) is 9.05. The molecule has 2 rings (SSSR count). The van der Waals surface area contributed by atoms with Gasteiger partial charge in [-0.3, -0.25) is 0 Å². The summed E-state index contributed by atoms with van der Waals surface area (Å²) in [7, 11) is 3.64. The lowest BCUT2D eigenvalue weighted by molar-refractivity contribution is 0.785. The van der Waals surface area contributed by atoms with E-state index in [1.165, 1.54) is 11.1 Å². The van der Waals surface area contributed by atoms with E-state index in [0.29, 0.717) is 23.0 Å². The van der Waals surface area contributed by atoms with Gasteiger partial charge in [0.25, 0.3) is 0 Å². The molecule has 2 aromatic rings. The Morgan fingerprint density at radius 3 is 1.87 bits per heavy atom. The number of rotatable bonds is 3. The Labute approximate surface area is 147 Å². The van der Waals surface area contributed by atoms with Crippen molar-refractivity contribution in [1.29, 1.82) is 0 Å². The van der Waals surface area contributed by atoms with E-state index in [-0.39, 0.29) is 5.92 Å². The summed E-state index contributed by atoms with van der Waals surface area (Å²) in [6.07, 6.45) is 5.54. The molecule has 0 atom stereocenters. The number of hydrogen-bond acceptors (Lipinski definition) is 2. The summed E-state index contributed by atoms with van der Waals surface area (Å²) < 4.78 is 0. The maximum atomic E-state index is 6.86. The number of hydrogen-bond donors (Lipinski definition) is 0. The maximum absolute atomic E-state index is 6.86. The van der Waals surface area contributed by atoms with Gasteiger partial charge in [-0.2, -0.15) is 0 Å². The van der Waals surface area contributed by atoms with Crippen molar-refractivity contribution in [3.63, 3.8) is 0 Å². The van der Waals surface area contributed by atoms with Crippen LogP contribution in [0.4, 0.5) is 0 Å². The monoisotopic (exact) mass is 341 g/mol. The molecule has 2 nitrogen and oxygen atoms in total. The number of terminal acetylenes is 1. The van der Waals surface area contributed by atoms with Crippen molar-refractivity contribution >= 4 is 38.1 Å². The van der Waals surface area contributed by atoms with Crippen LogP contribution in [-0.4, -0.2) is 20.2 Å². The molecule has 3 radical (unpaired) electrons. The first-order valence-corrected chi connectivity index (χ1v) is 8.83. The van der Waals surface area contributed by atoms with Gasteiger partial charge >= 0.3 is 0 Å². The molecule has 0 saturated heterocycles. The third-order valence-corrected chi connectivity index (χ3v) is 4.83. The summed E-state index contributed by atoms with van der Waals surface area (Å²) >= 11 is 6.86. The zero-order chi connectivity index (χ0) is 17.5. The van der Waals surface area contributed by atoms with Gasteiger partial charge in [-0.05, 0) is 40.4 Å². The molecule has 119 valence electrons. The van der Waals surface area contributed by atoms with Gasteiger partial charge in [0.1, 0.15) is 10.2 Å². The van der Waals surface area contributed by atoms with Gasteiger partial charge in [-0.25, -0.2) is 9.97 Å². The van der Waals surface area contributed by atoms with Crippen molar-refractivity contribution in [2.24, 2.45) is 0 Å². The molecule has 1 heterocycles. The van der Waals surface area contributed by atoms with Crippen LogP contribution in [0, 0.1) is 12.3 Å². The zero-order valence-corrected chi connectivity index (χ0v) is 16.3. The summed E-state index contributed by atoms with van der Waals surface area (Å²) in [6.45, 7) is 12.9. The van der Waals surface area contributed by atoms with Crippen LogP contribution in [0.15, 0.2) is 0 Å². The van der Waals surface area contributed by atoms with E-state index in [1.54, 1.807) is 0 Å². The van der Waals surface area contributed by atoms with Crippen molar-refractivity contribution in [3.8, 4) is 12.3 Å². The molecule has 1 aromatic carbocycles. The van der Waals surface area contributed by atoms with Gasteiger partial charge in [0.05, 0.1) is 5.52 Å². The van der Waals surface area contributed by atoms with Crippen LogP contribution in [-0.2, 0) is 0 Å². The van der Waals surface area contributed by atoms with Gasteiger partial charge in [-0.15, -0.1) is 6.42 Å². The molecule has 0 bridgehead atoms. The molecule has 0 unspecified atom stereocenters. The first-order valence-electron chi connectivity index (χ1n) is 7.95. The van der Waals surface area contributed by atoms with Crippen LogP contribution in [0.3, 0.4) is 0 Å². The van der Waals surface area contributed by atoms with Crippen molar-refractivity contribution in [1.82, 2.24) is 9.97 Å². The number of benzene rings is 1. The Bertz CT molecular complexity index is 802. The number of halogens is 1. The van der Waals surface area contributed by atoms with Gasteiger partial charge in [0.15, 0.2) is 0 Å². The van der Waals surface area contributed by atoms with E-state index >= 15 is 0 Å². The molecular weight excluding hydrogens is 320 g/mol. The fourth-order valence-electron chi connectivity index (χ4n) is 3.17. The van der Waals surface area contributed by atoms with E-state index in [9.17, 15) is 0 Å². The highest BCUT2D eigenvalue weighted by atomic mass is 35.5. The lowest BCUT2D eigenvalue weighted by Gasteiger charge is -2.25. The molecule has 0 aliphatic heterocycles. The second-order valence-corrected chi connectivity index (χ2v) is 7.63. The standard InChI is InChI=1S/C19H22ClN2Si/c1-8-12-21-18-15(11(6)7)13(9(2)3)17(20)14(10(4)5)16(18)19(23)22-12/h1,9-11H,2-7H3. The van der Waals surface area contributed by atoms with Crippen LogP contribution in [0.25, 0.3) is 10.9 Å². The molecular formula is C19H22ClN2Si. The van der Waals surface area contributed by atoms with Crippen molar-refractivity contribution in [3.05, 3.63) is 27.5 Å². The molecule has 0 aliphatic carbocycles. The topological polar surface area (TPSA) is 25.8 Å². The summed E-state index contributed by atoms with van der Waals surface area (Å²) in [5.74, 6) is 3.82. The van der Waals surface area contributed by atoms with Gasteiger partial charge < -0.3 is 0 Å². The van der Waals surface area contributed by atoms with Crippen molar-refractivity contribution in [2.45, 2.75) is 59.3 Å². The molecule has 0 aliphatic rings. The fraction of sp³-hybridized carbons (Fsp3) is 0.474. The second kappa shape index (κ2) is 6.63. The molecule has 0 spiro atoms. The third kappa shape index (κ3) is 3.03. The van der Waals surface area contributed by atoms with E-state index in [0.717, 1.165) is 21.5 Å². The number of fused-ring (bicyclic) bond motifs is 1. The van der Waals surface area contributed by atoms with Gasteiger partial charge in [0, 0.05) is 15.7 Å². The smallest absolute Gasteiger partial charge is 0.205 e. The minimum absolute atomic E-state index is 0.263. The maximum Gasteiger partial charge on any atom is 0.205 e. The minimum atomic E-state index is 0.263. The zero-order valence-electron chi connectivity index (χ0n) is 14.6. The Balaban J connectivity index is 3.17. The van der Waals surface area contributed by atoms with Crippen LogP contribution < -0.4 is 5.32 Å². The van der Waals surface area contributed by atoms with Crippen LogP contribution in [0.5, 0.6) is 0 Å². The Morgan fingerprint density at radius 2 is 1.43 bits per heavy atom. The fourth-order valence-corrected chi connectivity index (χ4v) is 4.16. The largest absolute Gasteiger partial charge is 0.231 e. The first kappa shape index (κ1) is 18.0. The SMILES string of the molecule is C#Cc1nc([Si])c2c(C(C)C)c(Cl)c(C(C)C)c(C(C)C)c2n1. The first-order chi connectivity index (χ1) is 10.7. The predicted molar refractivity (Wildman–Crippen MR) is 100 cm³/mol. The van der Waals surface area contributed by atoms with Crippen molar-refractivity contribution < 1.29 is 0 Å². The van der Waals surface area contributed by atoms with Crippen LogP contribution >= 0.6 is 11.6 Å². The summed E-state index contributed by atoms with van der Waals surface area (Å²) in [5.41, 5.74) is 4.35. The van der Waals surface area contributed by atoms with E-state index in [4.69, 9.17) is 18.0 Å². The predicted octanol–water partition coefficient (Wildman–Crippen LogP) is 4.43. The average Bonchev–Trinajstić information content (AvgIpc) is 2.45. The molecule has 0 saturated carbocycles. The lowest BCUT2D eigenvalue weighted by atomic mass is 9.84. The third-order valence-electron chi connectivity index (χ3n) is 4.06. The highest BCUT2D eigenvalue weighted by Gasteiger charge is 2.25. The normalized spacial score (nSPS) is 11.7. The Kier molecular flexibility index (Phi) is 5.18. The summed E-state index contributed by atoms with van der Waals surface area (Å²) in [5, 5.41) is 2.53. The Morgan fingerprint density at radius 1 is 0.913 bits per heavy atom. The minimum Gasteiger partial charge on any atom is -0.231 e. The second-order valence-electron chi connectivity index (χ2n) is 6.78. The van der Waals surface area contributed by atoms with E-state index < -0.39 is 0 Å². The van der Waals surface area contributed by atoms with Crippen LogP contribution in [0.1, 0.15) is 81.8 Å². The molecule has 4 heteroatoms. The number of nitrogens with zero attached hydrogens (tertiary/aromatic N) is 2. The quantitative estimate of drug-likeness (QED) is 0.609. The molecule has 0 fully saturated rings. The van der Waals surface area contributed by atoms with Gasteiger partial charge in [-0.1, -0.05) is 53.1 Å². The van der Waals surface area contributed by atoms with Gasteiger partial charge in [0.2, 0.25) is 5.82 Å². The number of aromatic nitrogens is 2. The summed E-state index contributed by atoms with van der Waals surface area (Å²) in [6, 6.07) is 0. The van der Waals surface area contributed by atoms with E-state index in [1.807, 2.05) is 0 Å². The molecule has 0 N–H and O–H groups in total. The van der Waals surface area contributed by atoms with Crippen molar-refractivity contribution in [2.75, 3.05) is 0 Å². The average molecular weight is 342 g/mol. The lowest BCUT2D eigenvalue weighted by Crippen LogP contribution is -2.18. The van der Waals surface area contributed by atoms with Crippen LogP contribution in [0.2, 0.25) is 5.02 Å². The molecule has 0 amide bonds. The molecule has 23 heavy (non-hydrogen) atoms. The highest BCUT2D eigenvalue weighted by molar-refractivity contribution is 6.39. The Hall–Kier alpha value is -1.37.